The van der Waals surface area contributed by atoms with E-state index in [0.29, 0.717) is 30.2 Å². The molecule has 0 bridgehead atoms. The number of fused-ring (bicyclic) bond motifs is 1. The van der Waals surface area contributed by atoms with Crippen LogP contribution in [0.15, 0.2) is 34.0 Å². The number of aromatic amines is 1. The molecule has 2 aromatic rings. The third kappa shape index (κ3) is 3.53. The lowest BCUT2D eigenvalue weighted by Gasteiger charge is -2.20. The van der Waals surface area contributed by atoms with Crippen LogP contribution >= 0.6 is 0 Å². The van der Waals surface area contributed by atoms with Gasteiger partial charge >= 0.3 is 5.69 Å². The molecule has 1 aromatic heterocycles. The number of carbonyl (C=O) groups excluding carboxylic acids is 1. The smallest absolute Gasteiger partial charge is 0.328 e. The van der Waals surface area contributed by atoms with Crippen molar-refractivity contribution >= 4 is 5.91 Å². The zero-order valence-corrected chi connectivity index (χ0v) is 15.6. The predicted molar refractivity (Wildman–Crippen MR) is 101 cm³/mol. The maximum absolute atomic E-state index is 12.9. The maximum atomic E-state index is 12.9. The molecule has 9 nitrogen and oxygen atoms in total. The Morgan fingerprint density at radius 2 is 1.93 bits per heavy atom. The summed E-state index contributed by atoms with van der Waals surface area (Å²) in [6.07, 6.45) is 2.06. The molecule has 1 saturated heterocycles. The summed E-state index contributed by atoms with van der Waals surface area (Å²) in [5, 5.41) is 0. The lowest BCUT2D eigenvalue weighted by Crippen LogP contribution is -2.43. The molecule has 3 heterocycles. The summed E-state index contributed by atoms with van der Waals surface area (Å²) < 4.78 is 11.6. The molecule has 4 rings (SSSR count). The number of nitrogens with zero attached hydrogens (tertiary/aromatic N) is 3. The van der Waals surface area contributed by atoms with Crippen LogP contribution in [0.2, 0.25) is 0 Å². The van der Waals surface area contributed by atoms with E-state index in [0.717, 1.165) is 24.1 Å². The van der Waals surface area contributed by atoms with Crippen molar-refractivity contribution in [3.8, 4) is 11.5 Å². The lowest BCUT2D eigenvalue weighted by atomic mass is 10.2. The third-order valence-corrected chi connectivity index (χ3v) is 5.08. The van der Waals surface area contributed by atoms with Crippen molar-refractivity contribution in [3.05, 3.63) is 56.4 Å². The van der Waals surface area contributed by atoms with Gasteiger partial charge in [-0.1, -0.05) is 6.07 Å². The minimum Gasteiger partial charge on any atom is -0.454 e. The Bertz CT molecular complexity index is 1010. The number of hydrogen-bond acceptors (Lipinski definition) is 6. The van der Waals surface area contributed by atoms with Crippen LogP contribution in [0.4, 0.5) is 0 Å². The summed E-state index contributed by atoms with van der Waals surface area (Å²) in [4.78, 5) is 44.4. The van der Waals surface area contributed by atoms with E-state index in [1.54, 1.807) is 23.1 Å². The van der Waals surface area contributed by atoms with E-state index < -0.39 is 11.2 Å². The Hall–Kier alpha value is -3.07. The Morgan fingerprint density at radius 3 is 2.79 bits per heavy atom. The van der Waals surface area contributed by atoms with Gasteiger partial charge in [0.25, 0.3) is 11.5 Å². The molecular formula is C19H22N4O5. The average Bonchev–Trinajstić information content (AvgIpc) is 3.04. The second-order valence-corrected chi connectivity index (χ2v) is 7.04. The topological polar surface area (TPSA) is 96.9 Å². The summed E-state index contributed by atoms with van der Waals surface area (Å²) in [7, 11) is 2.01. The quantitative estimate of drug-likeness (QED) is 0.803. The summed E-state index contributed by atoms with van der Waals surface area (Å²) >= 11 is 0. The Labute approximate surface area is 161 Å². The highest BCUT2D eigenvalue weighted by Crippen LogP contribution is 2.32. The Morgan fingerprint density at radius 1 is 1.11 bits per heavy atom. The first-order valence-electron chi connectivity index (χ1n) is 9.22. The third-order valence-electron chi connectivity index (χ3n) is 5.08. The van der Waals surface area contributed by atoms with Crippen LogP contribution in [0.25, 0.3) is 0 Å². The van der Waals surface area contributed by atoms with Crippen molar-refractivity contribution in [2.75, 3.05) is 40.0 Å². The molecule has 1 fully saturated rings. The van der Waals surface area contributed by atoms with Gasteiger partial charge in [0.15, 0.2) is 11.5 Å². The van der Waals surface area contributed by atoms with Gasteiger partial charge in [-0.3, -0.25) is 14.2 Å². The van der Waals surface area contributed by atoms with Crippen molar-refractivity contribution in [1.82, 2.24) is 19.4 Å². The van der Waals surface area contributed by atoms with Gasteiger partial charge in [-0.15, -0.1) is 0 Å². The average molecular weight is 386 g/mol. The van der Waals surface area contributed by atoms with Gasteiger partial charge in [-0.2, -0.15) is 0 Å². The molecule has 2 aliphatic heterocycles. The molecule has 1 aromatic carbocycles. The standard InChI is InChI=1S/C19H22N4O5/c1-21-5-2-6-22(8-7-21)17(24)14-10-20-19(26)23(18(14)25)11-13-3-4-15-16(9-13)28-12-27-15/h3-4,9-10H,2,5-8,11-12H2,1H3,(H,20,26). The van der Waals surface area contributed by atoms with E-state index in [4.69, 9.17) is 9.47 Å². The summed E-state index contributed by atoms with van der Waals surface area (Å²) in [6.45, 7) is 2.98. The molecule has 0 saturated carbocycles. The first kappa shape index (κ1) is 18.3. The molecule has 2 aliphatic rings. The molecule has 0 unspecified atom stereocenters. The number of carbonyl (C=O) groups is 1. The summed E-state index contributed by atoms with van der Waals surface area (Å²) in [5.74, 6) is 0.846. The number of amides is 1. The SMILES string of the molecule is CN1CCCN(C(=O)c2c[nH]c(=O)n(Cc3ccc4c(c3)OCO4)c2=O)CC1. The molecule has 28 heavy (non-hydrogen) atoms. The van der Waals surface area contributed by atoms with Gasteiger partial charge in [0.05, 0.1) is 6.54 Å². The predicted octanol–water partition coefficient (Wildman–Crippen LogP) is 0.0913. The number of ether oxygens (including phenoxy) is 2. The van der Waals surface area contributed by atoms with Crippen LogP contribution in [-0.4, -0.2) is 65.3 Å². The van der Waals surface area contributed by atoms with Crippen molar-refractivity contribution < 1.29 is 14.3 Å². The van der Waals surface area contributed by atoms with Crippen molar-refractivity contribution in [1.29, 1.82) is 0 Å². The van der Waals surface area contributed by atoms with E-state index >= 15 is 0 Å². The Balaban J connectivity index is 1.61. The van der Waals surface area contributed by atoms with Gasteiger partial charge in [0.1, 0.15) is 5.56 Å². The molecular weight excluding hydrogens is 364 g/mol. The highest BCUT2D eigenvalue weighted by molar-refractivity contribution is 5.93. The number of aromatic nitrogens is 2. The molecule has 1 N–H and O–H groups in total. The summed E-state index contributed by atoms with van der Waals surface area (Å²) in [6, 6.07) is 5.23. The van der Waals surface area contributed by atoms with Crippen LogP contribution in [0, 0.1) is 0 Å². The molecule has 9 heteroatoms. The summed E-state index contributed by atoms with van der Waals surface area (Å²) in [5.41, 5.74) is -0.471. The number of nitrogens with one attached hydrogen (secondary N) is 1. The van der Waals surface area contributed by atoms with Gasteiger partial charge in [-0.05, 0) is 37.7 Å². The fraction of sp³-hybridized carbons (Fsp3) is 0.421. The molecule has 1 amide bonds. The lowest BCUT2D eigenvalue weighted by molar-refractivity contribution is 0.0759. The molecule has 0 atom stereocenters. The van der Waals surface area contributed by atoms with Crippen LogP contribution in [0.5, 0.6) is 11.5 Å². The van der Waals surface area contributed by atoms with Crippen molar-refractivity contribution in [2.45, 2.75) is 13.0 Å². The number of benzene rings is 1. The van der Waals surface area contributed by atoms with E-state index in [2.05, 4.69) is 9.88 Å². The number of H-pyrrole nitrogens is 1. The van der Waals surface area contributed by atoms with Crippen molar-refractivity contribution in [2.24, 2.45) is 0 Å². The first-order chi connectivity index (χ1) is 13.5. The van der Waals surface area contributed by atoms with Crippen LogP contribution in [0.1, 0.15) is 22.3 Å². The molecule has 0 radical (unpaired) electrons. The monoisotopic (exact) mass is 386 g/mol. The van der Waals surface area contributed by atoms with Crippen LogP contribution in [0.3, 0.4) is 0 Å². The minimum absolute atomic E-state index is 0.0232. The second-order valence-electron chi connectivity index (χ2n) is 7.04. The largest absolute Gasteiger partial charge is 0.454 e. The van der Waals surface area contributed by atoms with E-state index in [1.165, 1.54) is 6.20 Å². The minimum atomic E-state index is -0.594. The fourth-order valence-electron chi connectivity index (χ4n) is 3.45. The van der Waals surface area contributed by atoms with Crippen LogP contribution < -0.4 is 20.7 Å². The number of rotatable bonds is 3. The van der Waals surface area contributed by atoms with E-state index in [9.17, 15) is 14.4 Å². The normalized spacial score (nSPS) is 16.8. The first-order valence-corrected chi connectivity index (χ1v) is 9.22. The van der Waals surface area contributed by atoms with Gasteiger partial charge in [0, 0.05) is 25.8 Å². The molecule has 148 valence electrons. The van der Waals surface area contributed by atoms with Gasteiger partial charge < -0.3 is 24.3 Å². The van der Waals surface area contributed by atoms with Crippen molar-refractivity contribution in [3.63, 3.8) is 0 Å². The zero-order chi connectivity index (χ0) is 19.7. The number of likely N-dealkylation sites (N-methyl/N-ethyl adjacent to an activating group) is 1. The highest BCUT2D eigenvalue weighted by atomic mass is 16.7. The number of hydrogen-bond donors (Lipinski definition) is 1. The van der Waals surface area contributed by atoms with Gasteiger partial charge in [0.2, 0.25) is 6.79 Å². The van der Waals surface area contributed by atoms with Gasteiger partial charge in [-0.25, -0.2) is 4.79 Å². The zero-order valence-electron chi connectivity index (χ0n) is 15.6. The highest BCUT2D eigenvalue weighted by Gasteiger charge is 2.23. The Kier molecular flexibility index (Phi) is 4.91. The molecule has 0 spiro atoms. The fourth-order valence-corrected chi connectivity index (χ4v) is 3.45. The molecule has 0 aliphatic carbocycles. The maximum Gasteiger partial charge on any atom is 0.328 e. The van der Waals surface area contributed by atoms with E-state index in [-0.39, 0.29) is 24.8 Å². The van der Waals surface area contributed by atoms with E-state index in [1.807, 2.05) is 7.05 Å². The van der Waals surface area contributed by atoms with Crippen LogP contribution in [-0.2, 0) is 6.54 Å². The second kappa shape index (κ2) is 7.51.